The van der Waals surface area contributed by atoms with Crippen molar-refractivity contribution in [2.45, 2.75) is 13.2 Å². The molecule has 0 aliphatic carbocycles. The summed E-state index contributed by atoms with van der Waals surface area (Å²) in [6.07, 6.45) is 1.58. The fourth-order valence-electron chi connectivity index (χ4n) is 2.46. The third kappa shape index (κ3) is 5.41. The van der Waals surface area contributed by atoms with Gasteiger partial charge in [-0.15, -0.1) is 0 Å². The second-order valence-electron chi connectivity index (χ2n) is 5.89. The van der Waals surface area contributed by atoms with Crippen molar-refractivity contribution in [3.05, 3.63) is 99.3 Å². The molecule has 0 atom stereocenters. The molecule has 0 fully saturated rings. The van der Waals surface area contributed by atoms with Crippen LogP contribution in [0.3, 0.4) is 0 Å². The van der Waals surface area contributed by atoms with E-state index in [9.17, 15) is 4.39 Å². The number of ether oxygens (including phenoxy) is 1. The quantitative estimate of drug-likeness (QED) is 0.356. The summed E-state index contributed by atoms with van der Waals surface area (Å²) in [4.78, 5) is 5.29. The molecule has 0 bridgehead atoms. The van der Waals surface area contributed by atoms with Crippen LogP contribution < -0.4 is 4.74 Å². The van der Waals surface area contributed by atoms with E-state index in [4.69, 9.17) is 14.8 Å². The first kappa shape index (κ1) is 19.6. The summed E-state index contributed by atoms with van der Waals surface area (Å²) in [5.74, 6) is 0.356. The second kappa shape index (κ2) is 9.67. The normalized spacial score (nSPS) is 10.6. The predicted octanol–water partition coefficient (Wildman–Crippen LogP) is 5.59. The first-order chi connectivity index (χ1) is 13.7. The Balaban J connectivity index is 1.56. The van der Waals surface area contributed by atoms with Gasteiger partial charge < -0.3 is 9.57 Å². The maximum Gasteiger partial charge on any atom is 0.143 e. The van der Waals surface area contributed by atoms with Crippen LogP contribution in [0.4, 0.5) is 4.39 Å². The fraction of sp³-hybridized carbons (Fsp3) is 0.0909. The Bertz CT molecular complexity index is 1030. The Morgan fingerprint density at radius 2 is 1.89 bits per heavy atom. The second-order valence-corrected chi connectivity index (χ2v) is 6.74. The summed E-state index contributed by atoms with van der Waals surface area (Å²) in [5, 5.41) is 13.0. The van der Waals surface area contributed by atoms with Gasteiger partial charge in [0, 0.05) is 5.56 Å². The lowest BCUT2D eigenvalue weighted by Crippen LogP contribution is -1.97. The number of nitriles is 1. The van der Waals surface area contributed by atoms with Crippen LogP contribution in [0.2, 0.25) is 0 Å². The van der Waals surface area contributed by atoms with Crippen molar-refractivity contribution >= 4 is 22.1 Å². The maximum atomic E-state index is 13.2. The number of hydrogen-bond donors (Lipinski definition) is 0. The fourth-order valence-corrected chi connectivity index (χ4v) is 2.97. The van der Waals surface area contributed by atoms with Crippen molar-refractivity contribution in [2.75, 3.05) is 0 Å². The van der Waals surface area contributed by atoms with E-state index < -0.39 is 0 Å². The molecular formula is C22H16BrFN2O2. The van der Waals surface area contributed by atoms with E-state index in [1.54, 1.807) is 36.5 Å². The number of oxime groups is 1. The summed E-state index contributed by atoms with van der Waals surface area (Å²) in [6.45, 7) is 0.488. The molecule has 0 aromatic heterocycles. The average Bonchev–Trinajstić information content (AvgIpc) is 2.71. The number of halogens is 2. The van der Waals surface area contributed by atoms with Gasteiger partial charge in [0.25, 0.3) is 0 Å². The molecule has 4 nitrogen and oxygen atoms in total. The van der Waals surface area contributed by atoms with Gasteiger partial charge in [-0.25, -0.2) is 4.39 Å². The standard InChI is InChI=1S/C22H16BrFN2O2/c23-21-11-16(13-26-28-15-19-6-2-1-5-18(19)12-25)8-9-22(21)27-14-17-4-3-7-20(24)10-17/h1-11,13H,14-15H2/b26-13-. The summed E-state index contributed by atoms with van der Waals surface area (Å²) in [5.41, 5.74) is 2.92. The molecule has 0 spiro atoms. The SMILES string of the molecule is N#Cc1ccccc1CO/N=C\c1ccc(OCc2cccc(F)c2)c(Br)c1. The van der Waals surface area contributed by atoms with E-state index in [1.165, 1.54) is 12.1 Å². The molecule has 0 aliphatic rings. The van der Waals surface area contributed by atoms with Gasteiger partial charge in [-0.05, 0) is 63.5 Å². The van der Waals surface area contributed by atoms with Crippen molar-refractivity contribution in [2.24, 2.45) is 5.16 Å². The first-order valence-electron chi connectivity index (χ1n) is 8.46. The lowest BCUT2D eigenvalue weighted by atomic mass is 10.1. The maximum absolute atomic E-state index is 13.2. The zero-order valence-electron chi connectivity index (χ0n) is 14.8. The van der Waals surface area contributed by atoms with Crippen molar-refractivity contribution in [3.63, 3.8) is 0 Å². The Kier molecular flexibility index (Phi) is 6.77. The van der Waals surface area contributed by atoms with Crippen LogP contribution in [0.15, 0.2) is 76.4 Å². The largest absolute Gasteiger partial charge is 0.488 e. The molecule has 3 rings (SSSR count). The van der Waals surface area contributed by atoms with Crippen molar-refractivity contribution < 1.29 is 14.0 Å². The van der Waals surface area contributed by atoms with Gasteiger partial charge in [0.2, 0.25) is 0 Å². The molecule has 140 valence electrons. The molecule has 0 saturated heterocycles. The van der Waals surface area contributed by atoms with Crippen LogP contribution >= 0.6 is 15.9 Å². The topological polar surface area (TPSA) is 54.6 Å². The first-order valence-corrected chi connectivity index (χ1v) is 9.25. The van der Waals surface area contributed by atoms with Crippen LogP contribution in [0.5, 0.6) is 5.75 Å². The third-order valence-corrected chi connectivity index (χ3v) is 4.49. The van der Waals surface area contributed by atoms with Crippen molar-refractivity contribution in [1.82, 2.24) is 0 Å². The van der Waals surface area contributed by atoms with Gasteiger partial charge in [-0.1, -0.05) is 35.5 Å². The van der Waals surface area contributed by atoms with E-state index in [1.807, 2.05) is 24.3 Å². The van der Waals surface area contributed by atoms with Gasteiger partial charge in [0.05, 0.1) is 22.3 Å². The molecule has 0 saturated carbocycles. The van der Waals surface area contributed by atoms with E-state index in [0.717, 1.165) is 21.2 Å². The highest BCUT2D eigenvalue weighted by molar-refractivity contribution is 9.10. The van der Waals surface area contributed by atoms with E-state index in [2.05, 4.69) is 27.2 Å². The zero-order valence-corrected chi connectivity index (χ0v) is 16.4. The van der Waals surface area contributed by atoms with Crippen LogP contribution in [0, 0.1) is 17.1 Å². The van der Waals surface area contributed by atoms with Gasteiger partial charge in [-0.2, -0.15) is 5.26 Å². The summed E-state index contributed by atoms with van der Waals surface area (Å²) < 4.78 is 19.7. The van der Waals surface area contributed by atoms with Crippen LogP contribution in [-0.2, 0) is 18.1 Å². The molecule has 0 unspecified atom stereocenters. The number of rotatable bonds is 7. The molecular weight excluding hydrogens is 423 g/mol. The lowest BCUT2D eigenvalue weighted by molar-refractivity contribution is 0.132. The van der Waals surface area contributed by atoms with Crippen LogP contribution in [0.25, 0.3) is 0 Å². The van der Waals surface area contributed by atoms with Crippen LogP contribution in [-0.4, -0.2) is 6.21 Å². The van der Waals surface area contributed by atoms with Crippen molar-refractivity contribution in [1.29, 1.82) is 5.26 Å². The van der Waals surface area contributed by atoms with E-state index in [-0.39, 0.29) is 19.0 Å². The molecule has 0 amide bonds. The minimum Gasteiger partial charge on any atom is -0.488 e. The minimum absolute atomic E-state index is 0.218. The summed E-state index contributed by atoms with van der Waals surface area (Å²) in [7, 11) is 0. The Labute approximate surface area is 171 Å². The lowest BCUT2D eigenvalue weighted by Gasteiger charge is -2.09. The predicted molar refractivity (Wildman–Crippen MR) is 108 cm³/mol. The average molecular weight is 439 g/mol. The molecule has 3 aromatic carbocycles. The van der Waals surface area contributed by atoms with Gasteiger partial charge >= 0.3 is 0 Å². The molecule has 6 heteroatoms. The van der Waals surface area contributed by atoms with Gasteiger partial charge in [-0.3, -0.25) is 0 Å². The number of hydrogen-bond acceptors (Lipinski definition) is 4. The van der Waals surface area contributed by atoms with E-state index >= 15 is 0 Å². The molecule has 3 aromatic rings. The highest BCUT2D eigenvalue weighted by Gasteiger charge is 2.04. The minimum atomic E-state index is -0.288. The van der Waals surface area contributed by atoms with Gasteiger partial charge in [0.15, 0.2) is 0 Å². The number of nitrogens with zero attached hydrogens (tertiary/aromatic N) is 2. The monoisotopic (exact) mass is 438 g/mol. The van der Waals surface area contributed by atoms with Crippen LogP contribution in [0.1, 0.15) is 22.3 Å². The Hall–Kier alpha value is -3.17. The Morgan fingerprint density at radius 3 is 2.68 bits per heavy atom. The molecule has 0 N–H and O–H groups in total. The highest BCUT2D eigenvalue weighted by Crippen LogP contribution is 2.26. The smallest absolute Gasteiger partial charge is 0.143 e. The number of benzene rings is 3. The summed E-state index contributed by atoms with van der Waals surface area (Å²) in [6, 6.07) is 21.1. The molecule has 0 aliphatic heterocycles. The molecule has 0 radical (unpaired) electrons. The summed E-state index contributed by atoms with van der Waals surface area (Å²) >= 11 is 3.46. The molecule has 0 heterocycles. The van der Waals surface area contributed by atoms with E-state index in [0.29, 0.717) is 11.3 Å². The highest BCUT2D eigenvalue weighted by atomic mass is 79.9. The zero-order chi connectivity index (χ0) is 19.8. The molecule has 28 heavy (non-hydrogen) atoms. The van der Waals surface area contributed by atoms with Gasteiger partial charge in [0.1, 0.15) is 24.8 Å². The third-order valence-electron chi connectivity index (χ3n) is 3.87. The Morgan fingerprint density at radius 1 is 1.04 bits per heavy atom. The van der Waals surface area contributed by atoms with Crippen molar-refractivity contribution in [3.8, 4) is 11.8 Å².